The van der Waals surface area contributed by atoms with E-state index in [1.54, 1.807) is 23.1 Å². The topological polar surface area (TPSA) is 38.0 Å². The van der Waals surface area contributed by atoms with Crippen LogP contribution in [0.4, 0.5) is 0 Å². The highest BCUT2D eigenvalue weighted by Crippen LogP contribution is 2.25. The van der Waals surface area contributed by atoms with Crippen LogP contribution < -0.4 is 11.3 Å². The molecule has 3 N–H and O–H groups in total. The summed E-state index contributed by atoms with van der Waals surface area (Å²) in [7, 11) is 0. The number of thiophene rings is 1. The first kappa shape index (κ1) is 11.7. The van der Waals surface area contributed by atoms with Crippen molar-refractivity contribution in [2.24, 2.45) is 5.84 Å². The van der Waals surface area contributed by atoms with E-state index >= 15 is 0 Å². The zero-order chi connectivity index (χ0) is 11.4. The molecule has 0 fully saturated rings. The fourth-order valence-electron chi connectivity index (χ4n) is 1.62. The van der Waals surface area contributed by atoms with Gasteiger partial charge in [0.15, 0.2) is 0 Å². The van der Waals surface area contributed by atoms with Crippen LogP contribution in [0.5, 0.6) is 0 Å². The van der Waals surface area contributed by atoms with Crippen LogP contribution in [0.3, 0.4) is 0 Å². The predicted molar refractivity (Wildman–Crippen MR) is 71.7 cm³/mol. The largest absolute Gasteiger partial charge is 0.271 e. The summed E-state index contributed by atoms with van der Waals surface area (Å²) in [5.74, 6) is 5.62. The highest BCUT2D eigenvalue weighted by Gasteiger charge is 2.12. The Kier molecular flexibility index (Phi) is 4.01. The molecule has 1 atom stereocenters. The van der Waals surface area contributed by atoms with Crippen LogP contribution in [0.15, 0.2) is 46.0 Å². The Morgan fingerprint density at radius 1 is 1.19 bits per heavy atom. The van der Waals surface area contributed by atoms with Crippen molar-refractivity contribution in [2.75, 3.05) is 6.26 Å². The number of nitrogens with one attached hydrogen (secondary N) is 1. The maximum atomic E-state index is 5.62. The van der Waals surface area contributed by atoms with Gasteiger partial charge in [0.2, 0.25) is 0 Å². The summed E-state index contributed by atoms with van der Waals surface area (Å²) in [6.07, 6.45) is 2.08. The third-order valence-electron chi connectivity index (χ3n) is 2.49. The molecule has 0 aliphatic heterocycles. The second-order valence-corrected chi connectivity index (χ2v) is 5.09. The first-order valence-electron chi connectivity index (χ1n) is 4.97. The number of hydrogen-bond donors (Lipinski definition) is 2. The molecule has 84 valence electrons. The molecule has 0 saturated carbocycles. The molecule has 0 saturated heterocycles. The molecule has 2 aromatic rings. The third kappa shape index (κ3) is 2.47. The number of thioether (sulfide) groups is 1. The van der Waals surface area contributed by atoms with Crippen molar-refractivity contribution in [3.8, 4) is 0 Å². The lowest BCUT2D eigenvalue weighted by Gasteiger charge is -2.15. The van der Waals surface area contributed by atoms with Crippen LogP contribution in [-0.2, 0) is 0 Å². The highest BCUT2D eigenvalue weighted by molar-refractivity contribution is 7.98. The van der Waals surface area contributed by atoms with Gasteiger partial charge in [0.05, 0.1) is 6.04 Å². The van der Waals surface area contributed by atoms with E-state index in [9.17, 15) is 0 Å². The zero-order valence-electron chi connectivity index (χ0n) is 9.01. The summed E-state index contributed by atoms with van der Waals surface area (Å²) in [6.45, 7) is 0. The van der Waals surface area contributed by atoms with Gasteiger partial charge in [-0.25, -0.2) is 5.43 Å². The number of rotatable bonds is 4. The minimum Gasteiger partial charge on any atom is -0.271 e. The molecule has 2 rings (SSSR count). The Morgan fingerprint density at radius 3 is 2.44 bits per heavy atom. The average molecular weight is 250 g/mol. The minimum absolute atomic E-state index is 0.0853. The van der Waals surface area contributed by atoms with Gasteiger partial charge < -0.3 is 0 Å². The first-order chi connectivity index (χ1) is 7.85. The van der Waals surface area contributed by atoms with Gasteiger partial charge in [-0.15, -0.1) is 11.8 Å². The summed E-state index contributed by atoms with van der Waals surface area (Å²) in [4.78, 5) is 1.27. The summed E-state index contributed by atoms with van der Waals surface area (Å²) >= 11 is 3.43. The van der Waals surface area contributed by atoms with Crippen LogP contribution in [0.2, 0.25) is 0 Å². The molecule has 0 aliphatic rings. The highest BCUT2D eigenvalue weighted by atomic mass is 32.2. The second kappa shape index (κ2) is 5.50. The molecule has 0 spiro atoms. The Hall–Kier alpha value is -0.810. The zero-order valence-corrected chi connectivity index (χ0v) is 10.6. The predicted octanol–water partition coefficient (Wildman–Crippen LogP) is 3.02. The fourth-order valence-corrected chi connectivity index (χ4v) is 2.71. The van der Waals surface area contributed by atoms with Gasteiger partial charge in [-0.1, -0.05) is 12.1 Å². The fraction of sp³-hybridized carbons (Fsp3) is 0.167. The molecule has 4 heteroatoms. The lowest BCUT2D eigenvalue weighted by atomic mass is 10.0. The molecule has 0 radical (unpaired) electrons. The van der Waals surface area contributed by atoms with E-state index in [4.69, 9.17) is 5.84 Å². The van der Waals surface area contributed by atoms with Crippen molar-refractivity contribution >= 4 is 23.1 Å². The summed E-state index contributed by atoms with van der Waals surface area (Å²) in [5.41, 5.74) is 5.26. The second-order valence-electron chi connectivity index (χ2n) is 3.43. The third-order valence-corrected chi connectivity index (χ3v) is 3.94. The van der Waals surface area contributed by atoms with Gasteiger partial charge in [-0.3, -0.25) is 5.84 Å². The summed E-state index contributed by atoms with van der Waals surface area (Å²) in [5, 5.41) is 4.18. The molecule has 1 unspecified atom stereocenters. The molecule has 1 heterocycles. The smallest absolute Gasteiger partial charge is 0.0718 e. The normalized spacial score (nSPS) is 12.6. The van der Waals surface area contributed by atoms with Gasteiger partial charge >= 0.3 is 0 Å². The van der Waals surface area contributed by atoms with E-state index in [2.05, 4.69) is 52.8 Å². The van der Waals surface area contributed by atoms with E-state index in [-0.39, 0.29) is 6.04 Å². The molecule has 1 aromatic carbocycles. The van der Waals surface area contributed by atoms with E-state index < -0.39 is 0 Å². The van der Waals surface area contributed by atoms with Gasteiger partial charge in [0.1, 0.15) is 0 Å². The standard InChI is InChI=1S/C12H14N2S2/c1-15-11-4-2-9(3-5-11)12(14-13)10-6-7-16-8-10/h2-8,12,14H,13H2,1H3. The lowest BCUT2D eigenvalue weighted by Crippen LogP contribution is -2.28. The van der Waals surface area contributed by atoms with Gasteiger partial charge in [0.25, 0.3) is 0 Å². The van der Waals surface area contributed by atoms with Crippen LogP contribution in [0.1, 0.15) is 17.2 Å². The average Bonchev–Trinajstić information content (AvgIpc) is 2.85. The van der Waals surface area contributed by atoms with E-state index in [0.29, 0.717) is 0 Å². The monoisotopic (exact) mass is 250 g/mol. The van der Waals surface area contributed by atoms with Crippen molar-refractivity contribution in [3.63, 3.8) is 0 Å². The van der Waals surface area contributed by atoms with Gasteiger partial charge in [0, 0.05) is 4.90 Å². The summed E-state index contributed by atoms with van der Waals surface area (Å²) < 4.78 is 0. The minimum atomic E-state index is 0.0853. The molecular formula is C12H14N2S2. The Balaban J connectivity index is 2.27. The van der Waals surface area contributed by atoms with Crippen molar-refractivity contribution in [3.05, 3.63) is 52.2 Å². The Bertz CT molecular complexity index is 423. The molecular weight excluding hydrogens is 236 g/mol. The summed E-state index contributed by atoms with van der Waals surface area (Å²) in [6, 6.07) is 10.7. The molecule has 0 amide bonds. The van der Waals surface area contributed by atoms with Crippen LogP contribution in [0, 0.1) is 0 Å². The number of benzene rings is 1. The van der Waals surface area contributed by atoms with E-state index in [1.165, 1.54) is 16.0 Å². The van der Waals surface area contributed by atoms with Gasteiger partial charge in [-0.2, -0.15) is 11.3 Å². The molecule has 0 aliphatic carbocycles. The van der Waals surface area contributed by atoms with Crippen LogP contribution in [0.25, 0.3) is 0 Å². The van der Waals surface area contributed by atoms with Gasteiger partial charge in [-0.05, 0) is 46.3 Å². The maximum Gasteiger partial charge on any atom is 0.0718 e. The van der Waals surface area contributed by atoms with Crippen molar-refractivity contribution in [1.82, 2.24) is 5.43 Å². The maximum absolute atomic E-state index is 5.62. The van der Waals surface area contributed by atoms with E-state index in [0.717, 1.165) is 0 Å². The van der Waals surface area contributed by atoms with E-state index in [1.807, 2.05) is 0 Å². The number of nitrogens with two attached hydrogens (primary N) is 1. The van der Waals surface area contributed by atoms with Crippen molar-refractivity contribution < 1.29 is 0 Å². The lowest BCUT2D eigenvalue weighted by molar-refractivity contribution is 0.638. The Morgan fingerprint density at radius 2 is 1.94 bits per heavy atom. The Labute approximate surface area is 104 Å². The molecule has 2 nitrogen and oxygen atoms in total. The number of hydrogen-bond acceptors (Lipinski definition) is 4. The molecule has 16 heavy (non-hydrogen) atoms. The quantitative estimate of drug-likeness (QED) is 0.497. The SMILES string of the molecule is CSc1ccc(C(NN)c2ccsc2)cc1. The first-order valence-corrected chi connectivity index (χ1v) is 7.14. The molecule has 0 bridgehead atoms. The number of hydrazine groups is 1. The van der Waals surface area contributed by atoms with Crippen molar-refractivity contribution in [2.45, 2.75) is 10.9 Å². The molecule has 1 aromatic heterocycles. The van der Waals surface area contributed by atoms with Crippen molar-refractivity contribution in [1.29, 1.82) is 0 Å². The van der Waals surface area contributed by atoms with Crippen LogP contribution >= 0.6 is 23.1 Å². The van der Waals surface area contributed by atoms with Crippen LogP contribution in [-0.4, -0.2) is 6.26 Å².